The number of fused-ring (bicyclic) bond motifs is 1. The minimum absolute atomic E-state index is 0.0640. The van der Waals surface area contributed by atoms with Crippen molar-refractivity contribution in [2.75, 3.05) is 6.54 Å². The van der Waals surface area contributed by atoms with Gasteiger partial charge in [0.25, 0.3) is 0 Å². The molecule has 6 rings (SSSR count). The molecule has 2 unspecified atom stereocenters. The number of aromatic nitrogens is 1. The minimum Gasteiger partial charge on any atom is -0.299 e. The van der Waals surface area contributed by atoms with Crippen molar-refractivity contribution < 1.29 is 21.6 Å². The lowest BCUT2D eigenvalue weighted by atomic mass is 9.78. The van der Waals surface area contributed by atoms with Gasteiger partial charge in [-0.1, -0.05) is 59.1 Å². The summed E-state index contributed by atoms with van der Waals surface area (Å²) >= 11 is 6.38. The van der Waals surface area contributed by atoms with E-state index in [4.69, 9.17) is 11.6 Å². The number of hydrogen-bond donors (Lipinski definition) is 0. The molecule has 2 aliphatic rings. The summed E-state index contributed by atoms with van der Waals surface area (Å²) in [6, 6.07) is 21.2. The number of carbonyl (C=O) groups excluding carboxylic acids is 1. The number of benzene rings is 3. The fourth-order valence-electron chi connectivity index (χ4n) is 6.37. The van der Waals surface area contributed by atoms with Crippen molar-refractivity contribution in [2.45, 2.75) is 54.6 Å². The lowest BCUT2D eigenvalue weighted by Crippen LogP contribution is -2.60. The Balaban J connectivity index is 1.51. The molecule has 0 aliphatic carbocycles. The number of aryl methyl sites for hydroxylation is 2. The number of nitrogens with zero attached hydrogens (tertiary/aromatic N) is 3. The van der Waals surface area contributed by atoms with Crippen LogP contribution in [0.4, 0.5) is 0 Å². The first-order valence-electron chi connectivity index (χ1n) is 14.3. The second-order valence-electron chi connectivity index (χ2n) is 11.5. The summed E-state index contributed by atoms with van der Waals surface area (Å²) in [5.74, 6) is -1.05. The van der Waals surface area contributed by atoms with E-state index in [1.165, 1.54) is 8.61 Å². The number of pyridine rings is 1. The maximum atomic E-state index is 14.5. The molecule has 2 aliphatic heterocycles. The van der Waals surface area contributed by atoms with Crippen molar-refractivity contribution in [1.82, 2.24) is 13.6 Å². The molecule has 228 valence electrons. The maximum Gasteiger partial charge on any atom is 0.243 e. The van der Waals surface area contributed by atoms with Crippen LogP contribution < -0.4 is 0 Å². The predicted molar refractivity (Wildman–Crippen MR) is 168 cm³/mol. The van der Waals surface area contributed by atoms with Crippen LogP contribution in [0.2, 0.25) is 5.02 Å². The van der Waals surface area contributed by atoms with Gasteiger partial charge in [0.15, 0.2) is 0 Å². The standard InChI is InChI=1S/C33H32ClN3O5S2/c1-22-6-10-27(11-7-22)43(39,40)36-21-29-32(19-30(36)25-4-3-5-26(34)18-25)37(44(41,42)28-12-8-23(2)9-13-28)31(20-33(29)38)24-14-16-35-17-15-24/h3-18,29-32H,19-21H2,1-2H3/t29-,30?,31?,32+/m1/s1. The maximum absolute atomic E-state index is 14.5. The van der Waals surface area contributed by atoms with Gasteiger partial charge in [0.2, 0.25) is 20.0 Å². The first kappa shape index (κ1) is 30.6. The summed E-state index contributed by atoms with van der Waals surface area (Å²) in [7, 11) is -8.20. The van der Waals surface area contributed by atoms with Gasteiger partial charge in [0, 0.05) is 42.3 Å². The topological polar surface area (TPSA) is 105 Å². The molecular formula is C33H32ClN3O5S2. The molecular weight excluding hydrogens is 618 g/mol. The van der Waals surface area contributed by atoms with E-state index in [-0.39, 0.29) is 35.0 Å². The van der Waals surface area contributed by atoms with E-state index in [0.717, 1.165) is 11.1 Å². The Hall–Kier alpha value is -3.41. The highest BCUT2D eigenvalue weighted by molar-refractivity contribution is 7.89. The van der Waals surface area contributed by atoms with Crippen LogP contribution in [0.15, 0.2) is 107 Å². The van der Waals surface area contributed by atoms with Gasteiger partial charge in [-0.25, -0.2) is 16.8 Å². The zero-order chi connectivity index (χ0) is 31.2. The monoisotopic (exact) mass is 649 g/mol. The fraction of sp³-hybridized carbons (Fsp3) is 0.273. The van der Waals surface area contributed by atoms with E-state index in [1.807, 2.05) is 13.8 Å². The molecule has 0 N–H and O–H groups in total. The summed E-state index contributed by atoms with van der Waals surface area (Å²) < 4.78 is 60.3. The van der Waals surface area contributed by atoms with Gasteiger partial charge in [-0.15, -0.1) is 0 Å². The van der Waals surface area contributed by atoms with Gasteiger partial charge in [0.05, 0.1) is 21.9 Å². The van der Waals surface area contributed by atoms with Crippen molar-refractivity contribution in [3.63, 3.8) is 0 Å². The Morgan fingerprint density at radius 1 is 0.750 bits per heavy atom. The quantitative estimate of drug-likeness (QED) is 0.259. The van der Waals surface area contributed by atoms with Crippen molar-refractivity contribution in [3.05, 3.63) is 125 Å². The molecule has 3 aromatic carbocycles. The molecule has 4 atom stereocenters. The van der Waals surface area contributed by atoms with E-state index in [9.17, 15) is 21.6 Å². The van der Waals surface area contributed by atoms with Crippen LogP contribution in [0.25, 0.3) is 0 Å². The van der Waals surface area contributed by atoms with Crippen LogP contribution in [0.1, 0.15) is 47.2 Å². The smallest absolute Gasteiger partial charge is 0.243 e. The predicted octanol–water partition coefficient (Wildman–Crippen LogP) is 5.88. The molecule has 0 saturated carbocycles. The number of sulfonamides is 2. The number of halogens is 1. The molecule has 44 heavy (non-hydrogen) atoms. The molecule has 0 radical (unpaired) electrons. The molecule has 0 bridgehead atoms. The molecule has 0 amide bonds. The molecule has 8 nitrogen and oxygen atoms in total. The molecule has 3 heterocycles. The Kier molecular flexibility index (Phi) is 8.23. The largest absolute Gasteiger partial charge is 0.299 e. The molecule has 2 fully saturated rings. The SMILES string of the molecule is Cc1ccc(S(=O)(=O)N2C[C@H]3C(=O)CC(c4ccncc4)N(S(=O)(=O)c4ccc(C)cc4)[C@H]3CC2c2cccc(Cl)c2)cc1. The van der Waals surface area contributed by atoms with E-state index >= 15 is 0 Å². The third-order valence-electron chi connectivity index (χ3n) is 8.64. The van der Waals surface area contributed by atoms with E-state index < -0.39 is 44.1 Å². The van der Waals surface area contributed by atoms with Gasteiger partial charge in [-0.3, -0.25) is 9.78 Å². The highest BCUT2D eigenvalue weighted by Crippen LogP contribution is 2.48. The van der Waals surface area contributed by atoms with Crippen LogP contribution >= 0.6 is 11.6 Å². The van der Waals surface area contributed by atoms with E-state index in [2.05, 4.69) is 4.98 Å². The van der Waals surface area contributed by atoms with Crippen LogP contribution in [0, 0.1) is 19.8 Å². The Morgan fingerprint density at radius 3 is 1.93 bits per heavy atom. The zero-order valence-electron chi connectivity index (χ0n) is 24.2. The van der Waals surface area contributed by atoms with Crippen LogP contribution in [-0.2, 0) is 24.8 Å². The summed E-state index contributed by atoms with van der Waals surface area (Å²) in [5, 5.41) is 0.427. The van der Waals surface area contributed by atoms with Crippen LogP contribution in [-0.4, -0.2) is 48.8 Å². The highest BCUT2D eigenvalue weighted by Gasteiger charge is 2.54. The van der Waals surface area contributed by atoms with Crippen LogP contribution in [0.3, 0.4) is 0 Å². The van der Waals surface area contributed by atoms with Gasteiger partial charge in [-0.05, 0) is 79.9 Å². The molecule has 4 aromatic rings. The Morgan fingerprint density at radius 2 is 1.34 bits per heavy atom. The zero-order valence-corrected chi connectivity index (χ0v) is 26.6. The highest BCUT2D eigenvalue weighted by atomic mass is 35.5. The lowest BCUT2D eigenvalue weighted by Gasteiger charge is -2.51. The third-order valence-corrected chi connectivity index (χ3v) is 12.7. The third kappa shape index (κ3) is 5.61. The van der Waals surface area contributed by atoms with E-state index in [1.54, 1.807) is 97.3 Å². The number of Topliss-reactive ketones (excluding diaryl/α,β-unsaturated/α-hetero) is 1. The Labute approximate surface area is 263 Å². The Bertz CT molecular complexity index is 1900. The van der Waals surface area contributed by atoms with Crippen molar-refractivity contribution in [3.8, 4) is 0 Å². The van der Waals surface area contributed by atoms with Crippen LogP contribution in [0.5, 0.6) is 0 Å². The van der Waals surface area contributed by atoms with Gasteiger partial charge in [-0.2, -0.15) is 8.61 Å². The normalized spacial score (nSPS) is 23.3. The fourth-order valence-corrected chi connectivity index (χ4v) is 10.1. The summed E-state index contributed by atoms with van der Waals surface area (Å²) in [6.45, 7) is 3.59. The second-order valence-corrected chi connectivity index (χ2v) is 15.7. The van der Waals surface area contributed by atoms with Gasteiger partial charge < -0.3 is 0 Å². The minimum atomic E-state index is -4.13. The second kappa shape index (κ2) is 11.8. The average Bonchev–Trinajstić information content (AvgIpc) is 3.01. The van der Waals surface area contributed by atoms with Gasteiger partial charge in [0.1, 0.15) is 5.78 Å². The number of rotatable bonds is 6. The number of carbonyl (C=O) groups is 1. The summed E-state index contributed by atoms with van der Waals surface area (Å²) in [4.78, 5) is 18.2. The molecule has 11 heteroatoms. The van der Waals surface area contributed by atoms with Crippen molar-refractivity contribution in [1.29, 1.82) is 0 Å². The summed E-state index contributed by atoms with van der Waals surface area (Å²) in [6.07, 6.45) is 3.13. The van der Waals surface area contributed by atoms with Crippen molar-refractivity contribution in [2.24, 2.45) is 5.92 Å². The average molecular weight is 650 g/mol. The van der Waals surface area contributed by atoms with Crippen molar-refractivity contribution >= 4 is 37.4 Å². The molecule has 0 spiro atoms. The number of ketones is 1. The summed E-state index contributed by atoms with van der Waals surface area (Å²) in [5.41, 5.74) is 3.10. The number of piperidine rings is 2. The lowest BCUT2D eigenvalue weighted by molar-refractivity contribution is -0.132. The first-order valence-corrected chi connectivity index (χ1v) is 17.6. The van der Waals surface area contributed by atoms with Gasteiger partial charge >= 0.3 is 0 Å². The molecule has 1 aromatic heterocycles. The first-order chi connectivity index (χ1) is 21.0. The molecule has 2 saturated heterocycles. The van der Waals surface area contributed by atoms with E-state index in [0.29, 0.717) is 16.1 Å². The number of hydrogen-bond acceptors (Lipinski definition) is 6.